The van der Waals surface area contributed by atoms with E-state index in [1.54, 1.807) is 37.4 Å². The first kappa shape index (κ1) is 37.6. The number of hydrogen-bond acceptors (Lipinski definition) is 9. The third-order valence-corrected chi connectivity index (χ3v) is 8.00. The summed E-state index contributed by atoms with van der Waals surface area (Å²) in [7, 11) is 0. The van der Waals surface area contributed by atoms with E-state index in [1.165, 1.54) is 9.58 Å². The van der Waals surface area contributed by atoms with E-state index < -0.39 is 30.1 Å². The van der Waals surface area contributed by atoms with Gasteiger partial charge in [0, 0.05) is 38.0 Å². The highest BCUT2D eigenvalue weighted by Crippen LogP contribution is 2.23. The number of nitrogens with two attached hydrogens (primary N) is 1. The normalized spacial score (nSPS) is 14.8. The number of amides is 7. The summed E-state index contributed by atoms with van der Waals surface area (Å²) < 4.78 is 1.42. The quantitative estimate of drug-likeness (QED) is 0.0937. The van der Waals surface area contributed by atoms with Gasteiger partial charge in [0.25, 0.3) is 0 Å². The smallest absolute Gasteiger partial charge is 0.312 e. The van der Waals surface area contributed by atoms with Crippen LogP contribution in [0.1, 0.15) is 95.5 Å². The number of likely N-dealkylation sites (tertiary alicyclic amines) is 1. The number of primary amides is 1. The number of anilines is 1. The van der Waals surface area contributed by atoms with E-state index >= 15 is 0 Å². The second kappa shape index (κ2) is 18.5. The molecule has 0 radical (unpaired) electrons. The van der Waals surface area contributed by atoms with Gasteiger partial charge in [-0.1, -0.05) is 37.6 Å². The second-order valence-corrected chi connectivity index (χ2v) is 12.2. The molecule has 7 amide bonds. The number of carbonyl (C=O) groups excluding carboxylic acids is 6. The number of imide groups is 1. The minimum Gasteiger partial charge on any atom is -0.392 e. The molecular weight excluding hydrogens is 622 g/mol. The lowest BCUT2D eigenvalue weighted by Crippen LogP contribution is -2.46. The van der Waals surface area contributed by atoms with Crippen molar-refractivity contribution < 1.29 is 33.9 Å². The Kier molecular flexibility index (Phi) is 14.5. The number of aliphatic hydroxyl groups is 1. The average molecular weight is 670 g/mol. The number of aromatic nitrogens is 3. The summed E-state index contributed by atoms with van der Waals surface area (Å²) in [5, 5.41) is 28.8. The molecule has 1 aliphatic rings. The zero-order valence-corrected chi connectivity index (χ0v) is 27.7. The van der Waals surface area contributed by atoms with Gasteiger partial charge in [-0.2, -0.15) is 0 Å². The van der Waals surface area contributed by atoms with Crippen LogP contribution in [0.5, 0.6) is 0 Å². The number of aliphatic hydroxyl groups excluding tert-OH is 1. The Morgan fingerprint density at radius 1 is 0.938 bits per heavy atom. The van der Waals surface area contributed by atoms with Crippen LogP contribution >= 0.6 is 0 Å². The molecule has 1 aromatic carbocycles. The van der Waals surface area contributed by atoms with Gasteiger partial charge in [0.1, 0.15) is 17.8 Å². The second-order valence-electron chi connectivity index (χ2n) is 12.2. The van der Waals surface area contributed by atoms with Crippen LogP contribution in [0.15, 0.2) is 30.5 Å². The molecule has 2 heterocycles. The Bertz CT molecular complexity index is 1410. The van der Waals surface area contributed by atoms with Gasteiger partial charge < -0.3 is 32.1 Å². The number of unbranched alkanes of at least 4 members (excludes halogenated alkanes) is 2. The highest BCUT2D eigenvalue weighted by atomic mass is 16.3. The summed E-state index contributed by atoms with van der Waals surface area (Å²) >= 11 is 0. The first-order valence-corrected chi connectivity index (χ1v) is 16.3. The summed E-state index contributed by atoms with van der Waals surface area (Å²) in [5.74, 6) is -1.50. The lowest BCUT2D eigenvalue weighted by molar-refractivity contribution is -0.138. The molecule has 0 saturated carbocycles. The van der Waals surface area contributed by atoms with Crippen LogP contribution in [0.25, 0.3) is 0 Å². The molecule has 3 atom stereocenters. The Morgan fingerprint density at radius 3 is 2.25 bits per heavy atom. The highest BCUT2D eigenvalue weighted by Gasteiger charge is 2.29. The van der Waals surface area contributed by atoms with E-state index in [1.807, 2.05) is 13.8 Å². The molecule has 7 N–H and O–H groups in total. The predicted molar refractivity (Wildman–Crippen MR) is 175 cm³/mol. The maximum atomic E-state index is 13.4. The molecule has 1 aromatic heterocycles. The number of benzene rings is 1. The molecule has 0 bridgehead atoms. The van der Waals surface area contributed by atoms with Crippen molar-refractivity contribution in [2.45, 2.75) is 96.9 Å². The summed E-state index contributed by atoms with van der Waals surface area (Å²) in [5.41, 5.74) is 6.81. The van der Waals surface area contributed by atoms with Crippen molar-refractivity contribution in [2.24, 2.45) is 11.7 Å². The minimum atomic E-state index is -0.831. The molecule has 0 aliphatic carbocycles. The molecule has 1 fully saturated rings. The Morgan fingerprint density at radius 2 is 1.62 bits per heavy atom. The average Bonchev–Trinajstić information content (AvgIpc) is 3.65. The van der Waals surface area contributed by atoms with Crippen molar-refractivity contribution in [1.29, 1.82) is 0 Å². The minimum absolute atomic E-state index is 0.117. The first-order valence-electron chi connectivity index (χ1n) is 16.3. The van der Waals surface area contributed by atoms with Crippen LogP contribution in [-0.4, -0.2) is 79.7 Å². The van der Waals surface area contributed by atoms with Crippen molar-refractivity contribution in [2.75, 3.05) is 18.4 Å². The van der Waals surface area contributed by atoms with E-state index in [-0.39, 0.29) is 62.0 Å². The van der Waals surface area contributed by atoms with Crippen LogP contribution in [0, 0.1) is 5.92 Å². The van der Waals surface area contributed by atoms with Crippen LogP contribution in [0.3, 0.4) is 0 Å². The first-order chi connectivity index (χ1) is 22.9. The lowest BCUT2D eigenvalue weighted by Gasteiger charge is -2.23. The Labute approximate surface area is 279 Å². The molecule has 1 saturated heterocycles. The van der Waals surface area contributed by atoms with Gasteiger partial charge in [0.15, 0.2) is 0 Å². The third kappa shape index (κ3) is 11.4. The van der Waals surface area contributed by atoms with Gasteiger partial charge in [0.05, 0.1) is 18.8 Å². The van der Waals surface area contributed by atoms with Crippen LogP contribution < -0.4 is 27.0 Å². The maximum absolute atomic E-state index is 13.4. The molecule has 16 heteroatoms. The fourth-order valence-electron chi connectivity index (χ4n) is 5.24. The Balaban J connectivity index is 1.57. The molecule has 48 heavy (non-hydrogen) atoms. The van der Waals surface area contributed by atoms with Gasteiger partial charge in [-0.3, -0.25) is 28.9 Å². The van der Waals surface area contributed by atoms with E-state index in [9.17, 15) is 33.9 Å². The number of nitrogens with zero attached hydrogens (tertiary/aromatic N) is 4. The molecule has 16 nitrogen and oxygen atoms in total. The summed E-state index contributed by atoms with van der Waals surface area (Å²) in [6.07, 6.45) is 4.84. The summed E-state index contributed by atoms with van der Waals surface area (Å²) in [6.45, 7) is 5.86. The van der Waals surface area contributed by atoms with Gasteiger partial charge in [0.2, 0.25) is 29.5 Å². The van der Waals surface area contributed by atoms with Gasteiger partial charge >= 0.3 is 6.03 Å². The fourth-order valence-corrected chi connectivity index (χ4v) is 5.24. The molecule has 0 unspecified atom stereocenters. The number of urea groups is 1. The number of rotatable bonds is 19. The van der Waals surface area contributed by atoms with Crippen molar-refractivity contribution in [3.05, 3.63) is 41.7 Å². The number of hydrogen-bond donors (Lipinski definition) is 6. The van der Waals surface area contributed by atoms with Crippen molar-refractivity contribution in [3.63, 3.8) is 0 Å². The molecule has 1 aliphatic heterocycles. The molecule has 2 aromatic rings. The van der Waals surface area contributed by atoms with Gasteiger partial charge in [-0.05, 0) is 56.2 Å². The maximum Gasteiger partial charge on any atom is 0.312 e. The third-order valence-electron chi connectivity index (χ3n) is 8.00. The largest absolute Gasteiger partial charge is 0.392 e. The van der Waals surface area contributed by atoms with Crippen molar-refractivity contribution in [3.8, 4) is 0 Å². The molecular formula is C32H47N9O7. The molecule has 262 valence electrons. The fraction of sp³-hybridized carbons (Fsp3) is 0.562. The summed E-state index contributed by atoms with van der Waals surface area (Å²) in [4.78, 5) is 74.8. The number of nitrogens with one attached hydrogen (secondary N) is 4. The summed E-state index contributed by atoms with van der Waals surface area (Å²) in [6, 6.07) is 3.85. The number of carbonyl (C=O) groups is 6. The standard InChI is InChI=1S/C32H47N9O7/c1-20(2)29(37-30(46)21(3)35-26(43)9-5-4-6-17-40-27(44)14-15-28(40)45)24-18-41(39-38-24)25(8-7-16-34-32(33)48)31(47)36-23-12-10-22(19-42)11-13-23/h10-13,18,20-21,25,29,42H,4-9,14-17,19H2,1-3H3,(H,35,43)(H,36,47)(H,37,46)(H3,33,34,48)/t21-,25-,29-/m0/s1. The van der Waals surface area contributed by atoms with E-state index in [0.717, 1.165) is 0 Å². The van der Waals surface area contributed by atoms with Crippen LogP contribution in [-0.2, 0) is 30.6 Å². The van der Waals surface area contributed by atoms with Crippen molar-refractivity contribution in [1.82, 2.24) is 35.8 Å². The predicted octanol–water partition coefficient (Wildman–Crippen LogP) is 1.43. The lowest BCUT2D eigenvalue weighted by atomic mass is 10.0. The van der Waals surface area contributed by atoms with E-state index in [4.69, 9.17) is 5.73 Å². The SMILES string of the molecule is CC(C)[C@H](NC(=O)[C@H](C)NC(=O)CCCCCN1C(=O)CCC1=O)c1cn([C@@H](CCCNC(N)=O)C(=O)Nc2ccc(CO)cc2)nn1. The van der Waals surface area contributed by atoms with Gasteiger partial charge in [-0.15, -0.1) is 5.10 Å². The topological polar surface area (TPSA) is 231 Å². The zero-order valence-electron chi connectivity index (χ0n) is 27.7. The monoisotopic (exact) mass is 669 g/mol. The zero-order chi connectivity index (χ0) is 35.2. The van der Waals surface area contributed by atoms with Crippen molar-refractivity contribution >= 4 is 41.3 Å². The van der Waals surface area contributed by atoms with Crippen LogP contribution in [0.2, 0.25) is 0 Å². The Hall–Kier alpha value is -4.86. The highest BCUT2D eigenvalue weighted by molar-refractivity contribution is 6.01. The van der Waals surface area contributed by atoms with Crippen LogP contribution in [0.4, 0.5) is 10.5 Å². The van der Waals surface area contributed by atoms with E-state index in [0.29, 0.717) is 55.6 Å². The molecule has 0 spiro atoms. The van der Waals surface area contributed by atoms with E-state index in [2.05, 4.69) is 31.6 Å². The van der Waals surface area contributed by atoms with Gasteiger partial charge in [-0.25, -0.2) is 9.48 Å². The molecule has 3 rings (SSSR count).